The van der Waals surface area contributed by atoms with Crippen LogP contribution in [0.4, 0.5) is 0 Å². The molecular weight excluding hydrogens is 771 g/mol. The molecule has 0 radical (unpaired) electrons. The van der Waals surface area contributed by atoms with Crippen molar-refractivity contribution >= 4 is 40.2 Å². The Kier molecular flexibility index (Phi) is 9.39. The minimum atomic E-state index is -5.03. The fourth-order valence-corrected chi connectivity index (χ4v) is 35.1. The Hall–Kier alpha value is -2.68. The molecule has 5 aromatic rings. The third kappa shape index (κ3) is 6.07. The van der Waals surface area contributed by atoms with Crippen LogP contribution in [0.2, 0.25) is 13.1 Å². The predicted molar refractivity (Wildman–Crippen MR) is 226 cm³/mol. The van der Waals surface area contributed by atoms with Crippen LogP contribution in [0, 0.1) is 20.8 Å². The maximum atomic E-state index is 8.65. The third-order valence-electron chi connectivity index (χ3n) is 11.8. The SMILES string of the molecule is Cc1ccc(C2=Cc3c(ccc(C)c3-c3ccc(C(C)(C)C)cc3)[CH]2[Zr]([Cl])([Cl])([CH]2C=Cc3c2ccc(C)c3-c2ccc(C(C)(C)C)cc2)=[Si](C)C)o1. The monoisotopic (exact) mass is 820 g/mol. The Morgan fingerprint density at radius 3 is 1.58 bits per heavy atom. The summed E-state index contributed by atoms with van der Waals surface area (Å²) in [5.41, 5.74) is 15.2. The molecule has 2 aliphatic carbocycles. The molecule has 2 atom stereocenters. The molecule has 2 unspecified atom stereocenters. The molecule has 0 bridgehead atoms. The van der Waals surface area contributed by atoms with Gasteiger partial charge in [0.1, 0.15) is 0 Å². The normalized spacial score (nSPS) is 17.3. The number of furan rings is 1. The Bertz CT molecular complexity index is 2360. The molecule has 0 saturated carbocycles. The molecular formula is C47H52Cl2OSiZr. The average molecular weight is 823 g/mol. The van der Waals surface area contributed by atoms with Crippen molar-refractivity contribution in [2.45, 2.75) is 93.5 Å². The summed E-state index contributed by atoms with van der Waals surface area (Å²) in [6.45, 7) is 24.8. The van der Waals surface area contributed by atoms with Gasteiger partial charge in [0.2, 0.25) is 0 Å². The van der Waals surface area contributed by atoms with E-state index in [1.807, 2.05) is 6.92 Å². The van der Waals surface area contributed by atoms with Crippen molar-refractivity contribution in [1.29, 1.82) is 0 Å². The van der Waals surface area contributed by atoms with Crippen molar-refractivity contribution in [2.24, 2.45) is 0 Å². The van der Waals surface area contributed by atoms with E-state index in [1.165, 1.54) is 66.8 Å². The van der Waals surface area contributed by atoms with Crippen LogP contribution in [0.25, 0.3) is 40.0 Å². The summed E-state index contributed by atoms with van der Waals surface area (Å²) >= 11 is -5.03. The molecule has 2 aliphatic rings. The van der Waals surface area contributed by atoms with Crippen molar-refractivity contribution in [3.05, 3.63) is 147 Å². The maximum absolute atomic E-state index is 8.65. The van der Waals surface area contributed by atoms with Crippen LogP contribution in [0.1, 0.15) is 105 Å². The standard InChI is InChI=1S/C25H25O.C20H21.C2H6Si.2ClH.Zr/c1-16-6-8-19-14-20(23-13-7-17(2)26-23)15-22(19)24(16)18-9-11-21(12-10-18)25(3,4)5;1-14-8-9-15-6-5-7-18(15)19(14)16-10-12-17(13-11-16)20(2,3)4;1-3-2;;;/h6-15H,1-5H3;5-13H,1-4H3;1-2H3;2*1H;/q;;;;;+2/p-2. The van der Waals surface area contributed by atoms with Gasteiger partial charge in [0.05, 0.1) is 0 Å². The first-order valence-electron chi connectivity index (χ1n) is 18.6. The number of benzene rings is 4. The average Bonchev–Trinajstić information content (AvgIpc) is 3.81. The fourth-order valence-electron chi connectivity index (χ4n) is 8.70. The van der Waals surface area contributed by atoms with E-state index in [0.29, 0.717) is 0 Å². The quantitative estimate of drug-likeness (QED) is 0.161. The van der Waals surface area contributed by atoms with E-state index in [-0.39, 0.29) is 18.1 Å². The Labute approximate surface area is 319 Å². The molecule has 0 N–H and O–H groups in total. The zero-order valence-electron chi connectivity index (χ0n) is 32.6. The minimum absolute atomic E-state index is 0.0388. The van der Waals surface area contributed by atoms with E-state index < -0.39 is 20.4 Å². The summed E-state index contributed by atoms with van der Waals surface area (Å²) in [5.74, 6) is 1.77. The van der Waals surface area contributed by atoms with Crippen LogP contribution in [0.3, 0.4) is 0 Å². The molecule has 1 nitrogen and oxygen atoms in total. The predicted octanol–water partition coefficient (Wildman–Crippen LogP) is 14.7. The van der Waals surface area contributed by atoms with Crippen molar-refractivity contribution < 1.29 is 19.4 Å². The van der Waals surface area contributed by atoms with Crippen molar-refractivity contribution in [1.82, 2.24) is 0 Å². The van der Waals surface area contributed by atoms with E-state index >= 15 is 0 Å². The molecule has 1 aromatic heterocycles. The molecule has 268 valence electrons. The van der Waals surface area contributed by atoms with E-state index in [4.69, 9.17) is 21.4 Å². The first-order chi connectivity index (χ1) is 24.3. The molecule has 0 aliphatic heterocycles. The third-order valence-corrected chi connectivity index (χ3v) is 58.3. The van der Waals surface area contributed by atoms with Crippen LogP contribution < -0.4 is 0 Å². The van der Waals surface area contributed by atoms with E-state index in [1.54, 1.807) is 0 Å². The fraction of sp³-hybridized carbons (Fsp3) is 0.319. The summed E-state index contributed by atoms with van der Waals surface area (Å²) in [6.07, 6.45) is 7.08. The molecule has 7 rings (SSSR count). The van der Waals surface area contributed by atoms with Crippen molar-refractivity contribution in [3.63, 3.8) is 0 Å². The van der Waals surface area contributed by atoms with Gasteiger partial charge in [-0.3, -0.25) is 0 Å². The first kappa shape index (κ1) is 37.6. The van der Waals surface area contributed by atoms with E-state index in [2.05, 4.69) is 172 Å². The number of hydrogen-bond donors (Lipinski definition) is 0. The Morgan fingerprint density at radius 2 is 1.12 bits per heavy atom. The van der Waals surface area contributed by atoms with Gasteiger partial charge in [-0.05, 0) is 0 Å². The van der Waals surface area contributed by atoms with Gasteiger partial charge >= 0.3 is 322 Å². The van der Waals surface area contributed by atoms with Gasteiger partial charge in [-0.1, -0.05) is 0 Å². The Balaban J connectivity index is 1.44. The summed E-state index contributed by atoms with van der Waals surface area (Å²) in [4.78, 5) is 0. The van der Waals surface area contributed by atoms with Crippen molar-refractivity contribution in [2.75, 3.05) is 0 Å². The zero-order chi connectivity index (χ0) is 37.6. The van der Waals surface area contributed by atoms with Crippen LogP contribution >= 0.6 is 17.0 Å². The number of rotatable bonds is 5. The van der Waals surface area contributed by atoms with Gasteiger partial charge in [-0.2, -0.15) is 0 Å². The van der Waals surface area contributed by atoms with Crippen LogP contribution in [0.15, 0.2) is 95.4 Å². The number of allylic oxidation sites excluding steroid dienone is 2. The summed E-state index contributed by atoms with van der Waals surface area (Å²) in [6, 6.07) is 31.7. The molecule has 0 saturated heterocycles. The van der Waals surface area contributed by atoms with Gasteiger partial charge in [-0.15, -0.1) is 0 Å². The molecule has 5 heteroatoms. The molecule has 0 amide bonds. The van der Waals surface area contributed by atoms with E-state index in [0.717, 1.165) is 17.1 Å². The molecule has 1 heterocycles. The second kappa shape index (κ2) is 13.0. The van der Waals surface area contributed by atoms with Gasteiger partial charge < -0.3 is 0 Å². The number of halogens is 2. The second-order valence-electron chi connectivity index (χ2n) is 17.6. The van der Waals surface area contributed by atoms with E-state index in [9.17, 15) is 0 Å². The van der Waals surface area contributed by atoms with Crippen LogP contribution in [-0.4, -0.2) is 5.43 Å². The summed E-state index contributed by atoms with van der Waals surface area (Å²) in [5, 5.41) is 0. The number of fused-ring (bicyclic) bond motifs is 2. The topological polar surface area (TPSA) is 13.1 Å². The number of aryl methyl sites for hydroxylation is 3. The zero-order valence-corrected chi connectivity index (χ0v) is 37.6. The molecule has 52 heavy (non-hydrogen) atoms. The second-order valence-corrected chi connectivity index (χ2v) is 56.5. The number of hydrogen-bond acceptors (Lipinski definition) is 1. The first-order valence-corrected chi connectivity index (χ1v) is 34.0. The summed E-state index contributed by atoms with van der Waals surface area (Å²) < 4.78 is 6.31. The van der Waals surface area contributed by atoms with Gasteiger partial charge in [0.25, 0.3) is 0 Å². The van der Waals surface area contributed by atoms with Gasteiger partial charge in [-0.25, -0.2) is 0 Å². The van der Waals surface area contributed by atoms with Crippen LogP contribution in [0.5, 0.6) is 0 Å². The molecule has 0 spiro atoms. The van der Waals surface area contributed by atoms with Crippen molar-refractivity contribution in [3.8, 4) is 22.3 Å². The molecule has 0 fully saturated rings. The molecule has 4 aromatic carbocycles. The van der Waals surface area contributed by atoms with Gasteiger partial charge in [0, 0.05) is 0 Å². The van der Waals surface area contributed by atoms with Crippen LogP contribution in [-0.2, 0) is 25.8 Å². The van der Waals surface area contributed by atoms with Gasteiger partial charge in [0.15, 0.2) is 0 Å². The summed E-state index contributed by atoms with van der Waals surface area (Å²) in [7, 11) is 17.3. The Morgan fingerprint density at radius 1 is 0.615 bits per heavy atom.